The summed E-state index contributed by atoms with van der Waals surface area (Å²) in [4.78, 5) is 41.9. The SMILES string of the molecule is CCOC(=O)COC1CCN(C(=O)C(C)NC(=O)c2ccc(/C(N)=N/O)cn2)CC1. The van der Waals surface area contributed by atoms with Crippen LogP contribution >= 0.6 is 0 Å². The minimum atomic E-state index is -0.736. The van der Waals surface area contributed by atoms with Gasteiger partial charge in [-0.15, -0.1) is 0 Å². The molecule has 11 nitrogen and oxygen atoms in total. The third-order valence-electron chi connectivity index (χ3n) is 4.61. The molecular weight excluding hydrogens is 394 g/mol. The number of nitrogens with zero attached hydrogens (tertiary/aromatic N) is 3. The third-order valence-corrected chi connectivity index (χ3v) is 4.61. The Hall–Kier alpha value is -3.21. The fraction of sp³-hybridized carbons (Fsp3) is 0.526. The van der Waals surface area contributed by atoms with Gasteiger partial charge in [0.25, 0.3) is 5.91 Å². The van der Waals surface area contributed by atoms with Crippen LogP contribution in [0.2, 0.25) is 0 Å². The van der Waals surface area contributed by atoms with Crippen molar-refractivity contribution < 1.29 is 29.1 Å². The Morgan fingerprint density at radius 1 is 1.37 bits per heavy atom. The molecule has 0 aliphatic carbocycles. The van der Waals surface area contributed by atoms with Crippen molar-refractivity contribution in [2.45, 2.75) is 38.8 Å². The van der Waals surface area contributed by atoms with Crippen LogP contribution in [0.15, 0.2) is 23.5 Å². The smallest absolute Gasteiger partial charge is 0.332 e. The lowest BCUT2D eigenvalue weighted by Crippen LogP contribution is -2.50. The Labute approximate surface area is 174 Å². The number of rotatable bonds is 8. The fourth-order valence-corrected chi connectivity index (χ4v) is 2.98. The molecule has 1 aromatic heterocycles. The van der Waals surface area contributed by atoms with E-state index in [0.717, 1.165) is 0 Å². The van der Waals surface area contributed by atoms with Crippen LogP contribution in [-0.4, -0.2) is 77.2 Å². The summed E-state index contributed by atoms with van der Waals surface area (Å²) in [5.74, 6) is -1.23. The van der Waals surface area contributed by atoms with Crippen molar-refractivity contribution in [1.29, 1.82) is 0 Å². The maximum atomic E-state index is 12.6. The van der Waals surface area contributed by atoms with E-state index in [2.05, 4.69) is 15.5 Å². The number of nitrogens with one attached hydrogen (secondary N) is 1. The molecule has 0 aromatic carbocycles. The molecule has 1 aliphatic heterocycles. The maximum absolute atomic E-state index is 12.6. The van der Waals surface area contributed by atoms with Gasteiger partial charge in [-0.25, -0.2) is 4.79 Å². The molecule has 2 heterocycles. The number of oxime groups is 1. The second-order valence-corrected chi connectivity index (χ2v) is 6.75. The van der Waals surface area contributed by atoms with Crippen molar-refractivity contribution in [3.8, 4) is 0 Å². The van der Waals surface area contributed by atoms with E-state index in [4.69, 9.17) is 20.4 Å². The monoisotopic (exact) mass is 421 g/mol. The summed E-state index contributed by atoms with van der Waals surface area (Å²) < 4.78 is 10.3. The molecule has 0 saturated carbocycles. The average Bonchev–Trinajstić information content (AvgIpc) is 2.77. The molecule has 2 rings (SSSR count). The second-order valence-electron chi connectivity index (χ2n) is 6.75. The average molecular weight is 421 g/mol. The van der Waals surface area contributed by atoms with Crippen molar-refractivity contribution in [3.05, 3.63) is 29.6 Å². The maximum Gasteiger partial charge on any atom is 0.332 e. The van der Waals surface area contributed by atoms with Crippen LogP contribution in [0, 0.1) is 0 Å². The number of hydrogen-bond donors (Lipinski definition) is 3. The Bertz CT molecular complexity index is 774. The Balaban J connectivity index is 1.80. The molecule has 1 unspecified atom stereocenters. The highest BCUT2D eigenvalue weighted by atomic mass is 16.6. The fourth-order valence-electron chi connectivity index (χ4n) is 2.98. The number of likely N-dealkylation sites (tertiary alicyclic amines) is 1. The molecule has 1 atom stereocenters. The number of carbonyl (C=O) groups excluding carboxylic acids is 3. The van der Waals surface area contributed by atoms with E-state index in [9.17, 15) is 14.4 Å². The molecule has 11 heteroatoms. The van der Waals surface area contributed by atoms with Gasteiger partial charge in [0.15, 0.2) is 5.84 Å². The van der Waals surface area contributed by atoms with E-state index < -0.39 is 17.9 Å². The van der Waals surface area contributed by atoms with Crippen LogP contribution in [0.3, 0.4) is 0 Å². The quantitative estimate of drug-likeness (QED) is 0.172. The summed E-state index contributed by atoms with van der Waals surface area (Å²) in [6, 6.07) is 2.18. The van der Waals surface area contributed by atoms with Gasteiger partial charge >= 0.3 is 5.97 Å². The van der Waals surface area contributed by atoms with E-state index in [1.165, 1.54) is 18.3 Å². The van der Waals surface area contributed by atoms with Crippen LogP contribution in [-0.2, 0) is 19.1 Å². The van der Waals surface area contributed by atoms with E-state index in [1.807, 2.05) is 0 Å². The van der Waals surface area contributed by atoms with Gasteiger partial charge in [-0.2, -0.15) is 0 Å². The summed E-state index contributed by atoms with van der Waals surface area (Å²) >= 11 is 0. The lowest BCUT2D eigenvalue weighted by atomic mass is 10.1. The van der Waals surface area contributed by atoms with Gasteiger partial charge in [0.1, 0.15) is 18.3 Å². The number of ether oxygens (including phenoxy) is 2. The standard InChI is InChI=1S/C19H27N5O6/c1-3-29-16(25)11-30-14-6-8-24(9-7-14)19(27)12(2)22-18(26)15-5-4-13(10-21-15)17(20)23-28/h4-5,10,12,14,28H,3,6-9,11H2,1-2H3,(H2,20,23)(H,22,26). The first-order valence-corrected chi connectivity index (χ1v) is 9.66. The number of pyridine rings is 1. The van der Waals surface area contributed by atoms with E-state index in [0.29, 0.717) is 38.1 Å². The highest BCUT2D eigenvalue weighted by Gasteiger charge is 2.28. The zero-order valence-corrected chi connectivity index (χ0v) is 17.0. The van der Waals surface area contributed by atoms with Gasteiger partial charge in [-0.1, -0.05) is 5.16 Å². The number of hydrogen-bond acceptors (Lipinski definition) is 8. The van der Waals surface area contributed by atoms with E-state index in [-0.39, 0.29) is 30.1 Å². The lowest BCUT2D eigenvalue weighted by molar-refractivity contribution is -0.152. The van der Waals surface area contributed by atoms with Crippen LogP contribution in [0.4, 0.5) is 0 Å². The number of amidine groups is 1. The summed E-state index contributed by atoms with van der Waals surface area (Å²) in [6.07, 6.45) is 2.39. The first-order chi connectivity index (χ1) is 14.3. The number of esters is 1. The largest absolute Gasteiger partial charge is 0.464 e. The van der Waals surface area contributed by atoms with Crippen molar-refractivity contribution in [2.75, 3.05) is 26.3 Å². The molecule has 30 heavy (non-hydrogen) atoms. The number of carbonyl (C=O) groups is 3. The molecule has 4 N–H and O–H groups in total. The summed E-state index contributed by atoms with van der Waals surface area (Å²) in [6.45, 7) is 4.49. The number of aromatic nitrogens is 1. The van der Waals surface area contributed by atoms with Crippen LogP contribution in [0.25, 0.3) is 0 Å². The topological polar surface area (TPSA) is 156 Å². The van der Waals surface area contributed by atoms with Crippen molar-refractivity contribution in [2.24, 2.45) is 10.9 Å². The van der Waals surface area contributed by atoms with Gasteiger partial charge in [-0.3, -0.25) is 14.6 Å². The highest BCUT2D eigenvalue weighted by molar-refractivity contribution is 5.99. The predicted octanol–water partition coefficient (Wildman–Crippen LogP) is -0.135. The minimum Gasteiger partial charge on any atom is -0.464 e. The summed E-state index contributed by atoms with van der Waals surface area (Å²) in [5.41, 5.74) is 5.93. The zero-order chi connectivity index (χ0) is 22.1. The lowest BCUT2D eigenvalue weighted by Gasteiger charge is -2.33. The Kier molecular flexibility index (Phi) is 8.54. The predicted molar refractivity (Wildman–Crippen MR) is 106 cm³/mol. The number of piperidine rings is 1. The van der Waals surface area contributed by atoms with Crippen molar-refractivity contribution >= 4 is 23.6 Å². The van der Waals surface area contributed by atoms with Gasteiger partial charge in [0, 0.05) is 24.8 Å². The molecule has 2 amide bonds. The molecule has 1 fully saturated rings. The third kappa shape index (κ3) is 6.41. The Morgan fingerprint density at radius 2 is 2.07 bits per heavy atom. The van der Waals surface area contributed by atoms with E-state index in [1.54, 1.807) is 18.7 Å². The first-order valence-electron chi connectivity index (χ1n) is 9.66. The molecule has 1 aromatic rings. The summed E-state index contributed by atoms with van der Waals surface area (Å²) in [5, 5.41) is 14.1. The molecule has 1 aliphatic rings. The zero-order valence-electron chi connectivity index (χ0n) is 17.0. The van der Waals surface area contributed by atoms with E-state index >= 15 is 0 Å². The molecule has 0 spiro atoms. The first kappa shape index (κ1) is 23.1. The summed E-state index contributed by atoms with van der Waals surface area (Å²) in [7, 11) is 0. The molecular formula is C19H27N5O6. The molecule has 0 bridgehead atoms. The number of nitrogens with two attached hydrogens (primary N) is 1. The molecule has 0 radical (unpaired) electrons. The Morgan fingerprint density at radius 3 is 2.63 bits per heavy atom. The molecule has 1 saturated heterocycles. The normalized spacial score (nSPS) is 16.1. The van der Waals surface area contributed by atoms with Crippen molar-refractivity contribution in [3.63, 3.8) is 0 Å². The second kappa shape index (κ2) is 11.1. The van der Waals surface area contributed by atoms with Gasteiger partial charge in [-0.05, 0) is 38.8 Å². The van der Waals surface area contributed by atoms with Crippen LogP contribution in [0.5, 0.6) is 0 Å². The van der Waals surface area contributed by atoms with Crippen LogP contribution < -0.4 is 11.1 Å². The van der Waals surface area contributed by atoms with Gasteiger partial charge in [0.05, 0.1) is 12.7 Å². The number of amides is 2. The van der Waals surface area contributed by atoms with Crippen LogP contribution in [0.1, 0.15) is 42.7 Å². The minimum absolute atomic E-state index is 0.0967. The van der Waals surface area contributed by atoms with Gasteiger partial charge in [0.2, 0.25) is 5.91 Å². The highest BCUT2D eigenvalue weighted by Crippen LogP contribution is 2.15. The van der Waals surface area contributed by atoms with Crippen molar-refractivity contribution in [1.82, 2.24) is 15.2 Å². The van der Waals surface area contributed by atoms with Gasteiger partial charge < -0.3 is 30.6 Å². The molecule has 164 valence electrons.